The fourth-order valence-corrected chi connectivity index (χ4v) is 2.21. The molecule has 0 spiro atoms. The van der Waals surface area contributed by atoms with Crippen LogP contribution in [0.3, 0.4) is 0 Å². The number of nitrogens with zero attached hydrogens (tertiary/aromatic N) is 1. The van der Waals surface area contributed by atoms with E-state index in [0.29, 0.717) is 17.7 Å². The summed E-state index contributed by atoms with van der Waals surface area (Å²) in [5.41, 5.74) is 1.70. The average molecular weight is 298 g/mol. The van der Waals surface area contributed by atoms with Crippen molar-refractivity contribution >= 4 is 16.6 Å². The monoisotopic (exact) mass is 298 g/mol. The summed E-state index contributed by atoms with van der Waals surface area (Å²) < 4.78 is 41.6. The van der Waals surface area contributed by atoms with Crippen LogP contribution in [0.1, 0.15) is 19.5 Å². The molecule has 0 bridgehead atoms. The number of alkyl halides is 3. The minimum absolute atomic E-state index is 0.220. The Morgan fingerprint density at radius 2 is 2.00 bits per heavy atom. The molecule has 1 aromatic carbocycles. The van der Waals surface area contributed by atoms with Gasteiger partial charge in [0.05, 0.1) is 0 Å². The minimum Gasteiger partial charge on any atom is -0.403 e. The number of hydrogen-bond acceptors (Lipinski definition) is 3. The van der Waals surface area contributed by atoms with Gasteiger partial charge in [-0.25, -0.2) is 4.98 Å². The van der Waals surface area contributed by atoms with Crippen LogP contribution in [0.2, 0.25) is 0 Å². The Kier molecular flexibility index (Phi) is 4.25. The predicted octanol–water partition coefficient (Wildman–Crippen LogP) is 4.37. The van der Waals surface area contributed by atoms with Crippen molar-refractivity contribution in [2.45, 2.75) is 26.6 Å². The van der Waals surface area contributed by atoms with E-state index < -0.39 is 6.36 Å². The van der Waals surface area contributed by atoms with Crippen molar-refractivity contribution in [2.75, 3.05) is 12.4 Å². The van der Waals surface area contributed by atoms with Crippen LogP contribution in [0.25, 0.3) is 10.9 Å². The first-order valence-corrected chi connectivity index (χ1v) is 6.66. The normalized spacial score (nSPS) is 12.0. The maximum atomic E-state index is 12.5. The van der Waals surface area contributed by atoms with Gasteiger partial charge < -0.3 is 10.1 Å². The highest BCUT2D eigenvalue weighted by atomic mass is 19.4. The number of anilines is 1. The number of aromatic nitrogens is 1. The molecule has 1 N–H and O–H groups in total. The Morgan fingerprint density at radius 3 is 2.57 bits per heavy atom. The molecule has 0 unspecified atom stereocenters. The van der Waals surface area contributed by atoms with Crippen molar-refractivity contribution in [3.8, 4) is 5.75 Å². The van der Waals surface area contributed by atoms with E-state index in [1.165, 1.54) is 12.1 Å². The van der Waals surface area contributed by atoms with E-state index in [4.69, 9.17) is 0 Å². The molecule has 3 nitrogen and oxygen atoms in total. The largest absolute Gasteiger partial charge is 0.573 e. The van der Waals surface area contributed by atoms with E-state index in [-0.39, 0.29) is 11.3 Å². The summed E-state index contributed by atoms with van der Waals surface area (Å²) in [7, 11) is 1.73. The first kappa shape index (κ1) is 15.4. The molecule has 0 atom stereocenters. The van der Waals surface area contributed by atoms with Gasteiger partial charge in [0.2, 0.25) is 0 Å². The first-order valence-electron chi connectivity index (χ1n) is 6.66. The molecular weight excluding hydrogens is 281 g/mol. The molecule has 0 saturated heterocycles. The van der Waals surface area contributed by atoms with Gasteiger partial charge in [-0.2, -0.15) is 0 Å². The van der Waals surface area contributed by atoms with E-state index in [9.17, 15) is 13.2 Å². The lowest BCUT2D eigenvalue weighted by Crippen LogP contribution is -2.17. The molecule has 0 aliphatic rings. The molecule has 2 aromatic rings. The van der Waals surface area contributed by atoms with Crippen molar-refractivity contribution in [3.63, 3.8) is 0 Å². The number of nitrogens with one attached hydrogen (secondary N) is 1. The van der Waals surface area contributed by atoms with E-state index in [1.54, 1.807) is 13.1 Å². The third-order valence-corrected chi connectivity index (χ3v) is 2.97. The summed E-state index contributed by atoms with van der Waals surface area (Å²) in [6, 6.07) is 6.38. The number of halogens is 3. The number of benzene rings is 1. The Morgan fingerprint density at radius 1 is 1.29 bits per heavy atom. The number of para-hydroxylation sites is 1. The second-order valence-corrected chi connectivity index (χ2v) is 5.21. The number of ether oxygens (including phenoxy) is 1. The molecule has 0 fully saturated rings. The summed E-state index contributed by atoms with van der Waals surface area (Å²) in [5.74, 6) is 0.0810. The highest BCUT2D eigenvalue weighted by Crippen LogP contribution is 2.33. The van der Waals surface area contributed by atoms with Gasteiger partial charge in [-0.1, -0.05) is 26.0 Å². The van der Waals surface area contributed by atoms with Crippen LogP contribution in [0.5, 0.6) is 5.75 Å². The molecule has 0 aliphatic heterocycles. The number of rotatable bonds is 4. The van der Waals surface area contributed by atoms with Crippen molar-refractivity contribution in [3.05, 3.63) is 30.0 Å². The van der Waals surface area contributed by atoms with Gasteiger partial charge in [0.1, 0.15) is 5.52 Å². The lowest BCUT2D eigenvalue weighted by molar-refractivity contribution is -0.274. The van der Waals surface area contributed by atoms with Gasteiger partial charge in [0, 0.05) is 23.8 Å². The van der Waals surface area contributed by atoms with E-state index in [0.717, 1.165) is 11.4 Å². The van der Waals surface area contributed by atoms with Crippen LogP contribution in [0.15, 0.2) is 24.3 Å². The second-order valence-electron chi connectivity index (χ2n) is 5.21. The van der Waals surface area contributed by atoms with Crippen LogP contribution in [0.4, 0.5) is 18.9 Å². The summed E-state index contributed by atoms with van der Waals surface area (Å²) >= 11 is 0. The maximum Gasteiger partial charge on any atom is 0.573 e. The number of pyridine rings is 1. The van der Waals surface area contributed by atoms with Gasteiger partial charge in [-0.15, -0.1) is 13.2 Å². The van der Waals surface area contributed by atoms with E-state index in [1.807, 2.05) is 19.9 Å². The van der Waals surface area contributed by atoms with Crippen molar-refractivity contribution in [2.24, 2.45) is 5.92 Å². The van der Waals surface area contributed by atoms with Crippen LogP contribution in [0, 0.1) is 5.92 Å². The molecule has 0 aliphatic carbocycles. The molecule has 0 saturated carbocycles. The van der Waals surface area contributed by atoms with E-state index in [2.05, 4.69) is 15.0 Å². The van der Waals surface area contributed by atoms with E-state index >= 15 is 0 Å². The Labute approximate surface area is 121 Å². The molecule has 2 rings (SSSR count). The summed E-state index contributed by atoms with van der Waals surface area (Å²) in [6.07, 6.45) is -4.05. The van der Waals surface area contributed by atoms with Crippen molar-refractivity contribution in [1.82, 2.24) is 4.98 Å². The topological polar surface area (TPSA) is 34.2 Å². The zero-order valence-electron chi connectivity index (χ0n) is 12.1. The molecular formula is C15H17F3N2O. The Hall–Kier alpha value is -1.98. The van der Waals surface area contributed by atoms with Crippen LogP contribution in [-0.2, 0) is 6.42 Å². The van der Waals surface area contributed by atoms with Crippen LogP contribution >= 0.6 is 0 Å². The standard InChI is InChI=1S/C15H17F3N2O/c1-9(2)7-10-8-12(19-3)11-5-4-6-13(14(11)20-10)21-15(16,17)18/h4-6,8-9H,7H2,1-3H3,(H,19,20). The molecule has 0 amide bonds. The fourth-order valence-electron chi connectivity index (χ4n) is 2.21. The molecule has 114 valence electrons. The van der Waals surface area contributed by atoms with Gasteiger partial charge in [-0.05, 0) is 24.5 Å². The molecule has 21 heavy (non-hydrogen) atoms. The zero-order valence-corrected chi connectivity index (χ0v) is 12.1. The second kappa shape index (κ2) is 5.79. The first-order chi connectivity index (χ1) is 9.80. The third kappa shape index (κ3) is 3.77. The van der Waals surface area contributed by atoms with Gasteiger partial charge in [-0.3, -0.25) is 0 Å². The number of fused-ring (bicyclic) bond motifs is 1. The summed E-state index contributed by atoms with van der Waals surface area (Å²) in [5, 5.41) is 3.60. The summed E-state index contributed by atoms with van der Waals surface area (Å²) in [6.45, 7) is 4.06. The Balaban J connectivity index is 2.60. The highest BCUT2D eigenvalue weighted by molar-refractivity contribution is 5.95. The quantitative estimate of drug-likeness (QED) is 0.910. The van der Waals surface area contributed by atoms with Gasteiger partial charge in [0.15, 0.2) is 5.75 Å². The third-order valence-electron chi connectivity index (χ3n) is 2.97. The number of hydrogen-bond donors (Lipinski definition) is 1. The fraction of sp³-hybridized carbons (Fsp3) is 0.400. The Bertz CT molecular complexity index is 639. The van der Waals surface area contributed by atoms with Crippen molar-refractivity contribution < 1.29 is 17.9 Å². The summed E-state index contributed by atoms with van der Waals surface area (Å²) in [4.78, 5) is 4.34. The minimum atomic E-state index is -4.73. The van der Waals surface area contributed by atoms with Gasteiger partial charge in [0.25, 0.3) is 0 Å². The SMILES string of the molecule is CNc1cc(CC(C)C)nc2c(OC(F)(F)F)cccc12. The van der Waals surface area contributed by atoms with Gasteiger partial charge >= 0.3 is 6.36 Å². The van der Waals surface area contributed by atoms with Crippen molar-refractivity contribution in [1.29, 1.82) is 0 Å². The average Bonchev–Trinajstić information content (AvgIpc) is 2.36. The lowest BCUT2D eigenvalue weighted by Gasteiger charge is -2.14. The molecule has 6 heteroatoms. The van der Waals surface area contributed by atoms with Crippen LogP contribution in [-0.4, -0.2) is 18.4 Å². The maximum absolute atomic E-state index is 12.5. The molecule has 1 heterocycles. The van der Waals surface area contributed by atoms with Crippen LogP contribution < -0.4 is 10.1 Å². The predicted molar refractivity (Wildman–Crippen MR) is 76.5 cm³/mol. The molecule has 0 radical (unpaired) electrons. The zero-order chi connectivity index (χ0) is 15.6. The highest BCUT2D eigenvalue weighted by Gasteiger charge is 2.32. The lowest BCUT2D eigenvalue weighted by atomic mass is 10.1. The molecule has 1 aromatic heterocycles. The smallest absolute Gasteiger partial charge is 0.403 e.